The number of ether oxygens (including phenoxy) is 4. The Morgan fingerprint density at radius 3 is 1.70 bits per heavy atom. The summed E-state index contributed by atoms with van der Waals surface area (Å²) in [6.45, 7) is 4.15. The highest BCUT2D eigenvalue weighted by Crippen LogP contribution is 2.28. The van der Waals surface area contributed by atoms with E-state index in [0.29, 0.717) is 82.0 Å². The molecule has 0 unspecified atom stereocenters. The highest BCUT2D eigenvalue weighted by Gasteiger charge is 2.14. The standard InChI is InChI=1S/C33H43N7O4/c1-41-28-21-25(22-29(23-28)42-2)24-37-33-39-31(38-32(40-33)36-16-18-44-20-19-43-17-14-34)35-15-13-30(26-9-5-3-6-10-26)27-11-7-4-8-12-27/h3-12,21-23,30H,13-20,24,34H2,1-2H3,(H3,35,36,37,38,39,40). The molecule has 0 amide bonds. The Balaban J connectivity index is 1.43. The third-order valence-corrected chi connectivity index (χ3v) is 6.78. The second kappa shape index (κ2) is 18.3. The summed E-state index contributed by atoms with van der Waals surface area (Å²) >= 11 is 0. The number of rotatable bonds is 20. The van der Waals surface area contributed by atoms with Crippen molar-refractivity contribution in [3.63, 3.8) is 0 Å². The topological polar surface area (TPSA) is 138 Å². The van der Waals surface area contributed by atoms with Crippen LogP contribution >= 0.6 is 0 Å². The van der Waals surface area contributed by atoms with Gasteiger partial charge in [0, 0.05) is 38.2 Å². The highest BCUT2D eigenvalue weighted by molar-refractivity contribution is 5.44. The summed E-state index contributed by atoms with van der Waals surface area (Å²) in [4.78, 5) is 13.9. The van der Waals surface area contributed by atoms with Gasteiger partial charge >= 0.3 is 0 Å². The summed E-state index contributed by atoms with van der Waals surface area (Å²) in [5, 5.41) is 9.98. The van der Waals surface area contributed by atoms with Crippen LogP contribution in [0.2, 0.25) is 0 Å². The Morgan fingerprint density at radius 2 is 1.16 bits per heavy atom. The fourth-order valence-electron chi connectivity index (χ4n) is 4.63. The Kier molecular flexibility index (Phi) is 13.5. The normalized spacial score (nSPS) is 10.9. The molecule has 1 aromatic heterocycles. The lowest BCUT2D eigenvalue weighted by molar-refractivity contribution is 0.0547. The van der Waals surface area contributed by atoms with Gasteiger partial charge in [-0.15, -0.1) is 0 Å². The van der Waals surface area contributed by atoms with Gasteiger partial charge < -0.3 is 40.6 Å². The number of nitrogens with two attached hydrogens (primary N) is 1. The van der Waals surface area contributed by atoms with E-state index in [2.05, 4.69) is 79.4 Å². The van der Waals surface area contributed by atoms with Crippen molar-refractivity contribution in [3.8, 4) is 11.5 Å². The van der Waals surface area contributed by atoms with E-state index in [-0.39, 0.29) is 5.92 Å². The van der Waals surface area contributed by atoms with E-state index in [1.54, 1.807) is 14.2 Å². The van der Waals surface area contributed by atoms with Crippen molar-refractivity contribution in [1.29, 1.82) is 0 Å². The van der Waals surface area contributed by atoms with E-state index in [9.17, 15) is 0 Å². The molecular formula is C33H43N7O4. The quantitative estimate of drug-likeness (QED) is 0.106. The predicted octanol–water partition coefficient (Wildman–Crippen LogP) is 4.54. The van der Waals surface area contributed by atoms with Crippen LogP contribution in [0.4, 0.5) is 17.8 Å². The number of hydrogen-bond donors (Lipinski definition) is 4. The van der Waals surface area contributed by atoms with E-state index in [1.165, 1.54) is 11.1 Å². The molecule has 0 aliphatic heterocycles. The van der Waals surface area contributed by atoms with Gasteiger partial charge in [-0.25, -0.2) is 0 Å². The van der Waals surface area contributed by atoms with Crippen molar-refractivity contribution < 1.29 is 18.9 Å². The summed E-state index contributed by atoms with van der Waals surface area (Å²) in [6, 6.07) is 26.8. The minimum absolute atomic E-state index is 0.232. The molecule has 0 atom stereocenters. The maximum atomic E-state index is 5.63. The van der Waals surface area contributed by atoms with Crippen molar-refractivity contribution >= 4 is 17.8 Å². The number of nitrogens with zero attached hydrogens (tertiary/aromatic N) is 3. The molecule has 0 fully saturated rings. The largest absolute Gasteiger partial charge is 0.497 e. The van der Waals surface area contributed by atoms with Crippen LogP contribution in [-0.4, -0.2) is 75.2 Å². The zero-order chi connectivity index (χ0) is 30.8. The number of benzene rings is 3. The second-order valence-corrected chi connectivity index (χ2v) is 9.91. The van der Waals surface area contributed by atoms with Crippen LogP contribution in [0.5, 0.6) is 11.5 Å². The third-order valence-electron chi connectivity index (χ3n) is 6.78. The van der Waals surface area contributed by atoms with E-state index < -0.39 is 0 Å². The zero-order valence-corrected chi connectivity index (χ0v) is 25.5. The first-order valence-electron chi connectivity index (χ1n) is 14.8. The molecule has 0 bridgehead atoms. The van der Waals surface area contributed by atoms with Crippen molar-refractivity contribution in [2.45, 2.75) is 18.9 Å². The van der Waals surface area contributed by atoms with E-state index in [0.717, 1.165) is 12.0 Å². The lowest BCUT2D eigenvalue weighted by Gasteiger charge is -2.19. The maximum Gasteiger partial charge on any atom is 0.229 e. The smallest absolute Gasteiger partial charge is 0.229 e. The van der Waals surface area contributed by atoms with Gasteiger partial charge in [0.05, 0.1) is 40.6 Å². The molecule has 4 aromatic rings. The summed E-state index contributed by atoms with van der Waals surface area (Å²) in [7, 11) is 3.26. The van der Waals surface area contributed by atoms with E-state index >= 15 is 0 Å². The van der Waals surface area contributed by atoms with Gasteiger partial charge in [-0.2, -0.15) is 15.0 Å². The van der Waals surface area contributed by atoms with Crippen LogP contribution in [-0.2, 0) is 16.0 Å². The molecule has 0 spiro atoms. The number of hydrogen-bond acceptors (Lipinski definition) is 11. The second-order valence-electron chi connectivity index (χ2n) is 9.91. The first kappa shape index (κ1) is 32.5. The first-order chi connectivity index (χ1) is 21.7. The SMILES string of the molecule is COc1cc(CNc2nc(NCCOCCOCCN)nc(NCCC(c3ccccc3)c3ccccc3)n2)cc(OC)c1. The number of nitrogens with one attached hydrogen (secondary N) is 3. The lowest BCUT2D eigenvalue weighted by Crippen LogP contribution is -2.17. The molecule has 11 heteroatoms. The Bertz CT molecular complexity index is 1320. The maximum absolute atomic E-state index is 5.63. The van der Waals surface area contributed by atoms with Gasteiger partial charge in [-0.3, -0.25) is 0 Å². The van der Waals surface area contributed by atoms with Crippen molar-refractivity contribution in [1.82, 2.24) is 15.0 Å². The fraction of sp³-hybridized carbons (Fsp3) is 0.364. The predicted molar refractivity (Wildman–Crippen MR) is 174 cm³/mol. The molecular weight excluding hydrogens is 558 g/mol. The molecule has 0 saturated carbocycles. The lowest BCUT2D eigenvalue weighted by atomic mass is 9.88. The molecule has 234 valence electrons. The molecule has 0 saturated heterocycles. The molecule has 0 aliphatic carbocycles. The number of aromatic nitrogens is 3. The summed E-state index contributed by atoms with van der Waals surface area (Å²) in [5.41, 5.74) is 8.94. The number of anilines is 3. The van der Waals surface area contributed by atoms with Gasteiger partial charge in [-0.1, -0.05) is 60.7 Å². The van der Waals surface area contributed by atoms with Crippen molar-refractivity contribution in [2.75, 3.05) is 76.2 Å². The van der Waals surface area contributed by atoms with Crippen LogP contribution in [0.25, 0.3) is 0 Å². The molecule has 4 rings (SSSR count). The van der Waals surface area contributed by atoms with Gasteiger partial charge in [0.1, 0.15) is 11.5 Å². The summed E-state index contributed by atoms with van der Waals surface area (Å²) < 4.78 is 21.8. The van der Waals surface area contributed by atoms with Crippen LogP contribution in [0.3, 0.4) is 0 Å². The monoisotopic (exact) mass is 601 g/mol. The average molecular weight is 602 g/mol. The Morgan fingerprint density at radius 1 is 0.636 bits per heavy atom. The summed E-state index contributed by atoms with van der Waals surface area (Å²) in [5.74, 6) is 3.01. The van der Waals surface area contributed by atoms with Gasteiger partial charge in [-0.05, 0) is 35.2 Å². The highest BCUT2D eigenvalue weighted by atomic mass is 16.5. The van der Waals surface area contributed by atoms with Crippen LogP contribution in [0, 0.1) is 0 Å². The Labute approximate surface area is 259 Å². The number of methoxy groups -OCH3 is 2. The minimum Gasteiger partial charge on any atom is -0.497 e. The van der Waals surface area contributed by atoms with E-state index in [1.807, 2.05) is 30.3 Å². The molecule has 3 aromatic carbocycles. The van der Waals surface area contributed by atoms with Crippen molar-refractivity contribution in [2.24, 2.45) is 5.73 Å². The fourth-order valence-corrected chi connectivity index (χ4v) is 4.63. The minimum atomic E-state index is 0.232. The van der Waals surface area contributed by atoms with Gasteiger partial charge in [0.15, 0.2) is 0 Å². The summed E-state index contributed by atoms with van der Waals surface area (Å²) in [6.07, 6.45) is 0.856. The van der Waals surface area contributed by atoms with Gasteiger partial charge in [0.25, 0.3) is 0 Å². The molecule has 1 heterocycles. The van der Waals surface area contributed by atoms with Crippen LogP contribution in [0.15, 0.2) is 78.9 Å². The van der Waals surface area contributed by atoms with Crippen molar-refractivity contribution in [3.05, 3.63) is 95.6 Å². The van der Waals surface area contributed by atoms with Crippen LogP contribution in [0.1, 0.15) is 29.0 Å². The molecule has 44 heavy (non-hydrogen) atoms. The zero-order valence-electron chi connectivity index (χ0n) is 25.5. The van der Waals surface area contributed by atoms with E-state index in [4.69, 9.17) is 24.7 Å². The molecule has 0 radical (unpaired) electrons. The first-order valence-corrected chi connectivity index (χ1v) is 14.8. The Hall–Kier alpha value is -4.45. The average Bonchev–Trinajstić information content (AvgIpc) is 3.07. The molecule has 5 N–H and O–H groups in total. The molecule has 0 aliphatic rings. The van der Waals surface area contributed by atoms with Gasteiger partial charge in [0.2, 0.25) is 17.8 Å². The third kappa shape index (κ3) is 10.7. The molecule has 11 nitrogen and oxygen atoms in total. The van der Waals surface area contributed by atoms with Crippen LogP contribution < -0.4 is 31.2 Å².